The minimum absolute atomic E-state index is 0.00749. The summed E-state index contributed by atoms with van der Waals surface area (Å²) >= 11 is 3.41. The van der Waals surface area contributed by atoms with Crippen LogP contribution in [0.15, 0.2) is 27.6 Å². The molecule has 3 unspecified atom stereocenters. The second-order valence-electron chi connectivity index (χ2n) is 5.77. The Morgan fingerprint density at radius 3 is 2.75 bits per heavy atom. The van der Waals surface area contributed by atoms with Gasteiger partial charge in [-0.05, 0) is 53.1 Å². The van der Waals surface area contributed by atoms with Gasteiger partial charge in [-0.2, -0.15) is 0 Å². The summed E-state index contributed by atoms with van der Waals surface area (Å²) in [7, 11) is 1.68. The number of aryl methyl sites for hydroxylation is 1. The van der Waals surface area contributed by atoms with Crippen molar-refractivity contribution in [3.8, 4) is 0 Å². The summed E-state index contributed by atoms with van der Waals surface area (Å²) in [4.78, 5) is 24.6. The van der Waals surface area contributed by atoms with Crippen LogP contribution < -0.4 is 10.9 Å². The number of amides is 1. The molecule has 0 saturated heterocycles. The molecule has 0 radical (unpaired) electrons. The fourth-order valence-corrected chi connectivity index (χ4v) is 3.73. The molecule has 1 aromatic heterocycles. The summed E-state index contributed by atoms with van der Waals surface area (Å²) in [5.41, 5.74) is 0.997. The number of pyridine rings is 1. The van der Waals surface area contributed by atoms with E-state index in [2.05, 4.69) is 33.4 Å². The highest BCUT2D eigenvalue weighted by atomic mass is 79.9. The molecule has 1 amide bonds. The number of halogens is 1. The molecule has 5 heteroatoms. The van der Waals surface area contributed by atoms with Gasteiger partial charge in [0, 0.05) is 23.6 Å². The summed E-state index contributed by atoms with van der Waals surface area (Å²) in [5, 5.41) is 2.85. The van der Waals surface area contributed by atoms with Crippen molar-refractivity contribution >= 4 is 27.5 Å². The van der Waals surface area contributed by atoms with Gasteiger partial charge in [0.2, 0.25) is 5.91 Å². The van der Waals surface area contributed by atoms with Gasteiger partial charge in [0.15, 0.2) is 0 Å². The highest BCUT2D eigenvalue weighted by Gasteiger charge is 2.40. The van der Waals surface area contributed by atoms with E-state index in [0.29, 0.717) is 17.5 Å². The van der Waals surface area contributed by atoms with Gasteiger partial charge in [-0.15, -0.1) is 0 Å². The van der Waals surface area contributed by atoms with E-state index in [4.69, 9.17) is 0 Å². The molecular weight excluding hydrogens is 320 g/mol. The predicted molar refractivity (Wildman–Crippen MR) is 81.6 cm³/mol. The smallest absolute Gasteiger partial charge is 0.274 e. The predicted octanol–water partition coefficient (Wildman–Crippen LogP) is 2.61. The molecule has 0 spiro atoms. The van der Waals surface area contributed by atoms with E-state index in [1.54, 1.807) is 13.2 Å². The number of nitrogens with one attached hydrogen (secondary N) is 1. The molecule has 0 aliphatic heterocycles. The van der Waals surface area contributed by atoms with Crippen molar-refractivity contribution in [3.63, 3.8) is 0 Å². The maximum atomic E-state index is 12.4. The number of carbonyl (C=O) groups is 1. The molecular formula is C15H17BrN2O2. The number of nitrogens with zero attached hydrogens (tertiary/aromatic N) is 1. The molecule has 4 nitrogen and oxygen atoms in total. The maximum absolute atomic E-state index is 12.4. The average molecular weight is 337 g/mol. The highest BCUT2D eigenvalue weighted by molar-refractivity contribution is 9.10. The molecule has 1 saturated carbocycles. The minimum Gasteiger partial charge on any atom is -0.321 e. The van der Waals surface area contributed by atoms with Crippen LogP contribution in [0.2, 0.25) is 0 Å². The van der Waals surface area contributed by atoms with E-state index in [9.17, 15) is 9.59 Å². The first-order chi connectivity index (χ1) is 9.47. The third-order valence-electron chi connectivity index (χ3n) is 4.44. The minimum atomic E-state index is -0.169. The summed E-state index contributed by atoms with van der Waals surface area (Å²) in [6.45, 7) is 1.84. The Morgan fingerprint density at radius 1 is 1.40 bits per heavy atom. The molecule has 2 bridgehead atoms. The van der Waals surface area contributed by atoms with Crippen molar-refractivity contribution < 1.29 is 4.79 Å². The zero-order valence-electron chi connectivity index (χ0n) is 11.5. The quantitative estimate of drug-likeness (QED) is 0.844. The monoisotopic (exact) mass is 336 g/mol. The largest absolute Gasteiger partial charge is 0.321 e. The molecule has 106 valence electrons. The lowest BCUT2D eigenvalue weighted by molar-refractivity contribution is -0.120. The zero-order valence-corrected chi connectivity index (χ0v) is 13.1. The zero-order chi connectivity index (χ0) is 14.4. The molecule has 0 aromatic carbocycles. The molecule has 3 atom stereocenters. The van der Waals surface area contributed by atoms with Gasteiger partial charge in [-0.1, -0.05) is 12.2 Å². The third kappa shape index (κ3) is 2.14. The van der Waals surface area contributed by atoms with Crippen LogP contribution in [0.5, 0.6) is 0 Å². The number of rotatable bonds is 2. The van der Waals surface area contributed by atoms with Gasteiger partial charge in [-0.3, -0.25) is 9.59 Å². The summed E-state index contributed by atoms with van der Waals surface area (Å²) in [6, 6.07) is 0. The van der Waals surface area contributed by atoms with Gasteiger partial charge in [0.1, 0.15) is 5.69 Å². The van der Waals surface area contributed by atoms with Gasteiger partial charge < -0.3 is 9.88 Å². The van der Waals surface area contributed by atoms with E-state index < -0.39 is 0 Å². The lowest BCUT2D eigenvalue weighted by Crippen LogP contribution is -2.31. The second kappa shape index (κ2) is 4.88. The van der Waals surface area contributed by atoms with Gasteiger partial charge in [0.05, 0.1) is 0 Å². The fourth-order valence-electron chi connectivity index (χ4n) is 3.23. The third-order valence-corrected chi connectivity index (χ3v) is 5.24. The Labute approximate surface area is 126 Å². The number of carbonyl (C=O) groups excluding carboxylic acids is 1. The van der Waals surface area contributed by atoms with Crippen molar-refractivity contribution in [3.05, 3.63) is 38.7 Å². The number of anilines is 1. The molecule has 2 aliphatic rings. The Bertz CT molecular complexity index is 663. The molecule has 2 aliphatic carbocycles. The van der Waals surface area contributed by atoms with Crippen LogP contribution in [0, 0.1) is 24.7 Å². The van der Waals surface area contributed by atoms with Crippen LogP contribution in [0.4, 0.5) is 5.69 Å². The first-order valence-electron chi connectivity index (χ1n) is 6.82. The van der Waals surface area contributed by atoms with Crippen molar-refractivity contribution in [2.45, 2.75) is 19.8 Å². The SMILES string of the molecule is Cc1c(Br)cn(C)c(=O)c1NC(=O)C1CC2C=CC1C2. The van der Waals surface area contributed by atoms with E-state index >= 15 is 0 Å². The number of hydrogen-bond acceptors (Lipinski definition) is 2. The van der Waals surface area contributed by atoms with Crippen LogP contribution in [-0.2, 0) is 11.8 Å². The molecule has 1 aromatic rings. The van der Waals surface area contributed by atoms with Gasteiger partial charge in [-0.25, -0.2) is 0 Å². The Morgan fingerprint density at radius 2 is 2.15 bits per heavy atom. The van der Waals surface area contributed by atoms with Crippen LogP contribution in [0.3, 0.4) is 0 Å². The first kappa shape index (κ1) is 13.6. The molecule has 20 heavy (non-hydrogen) atoms. The Kier molecular flexibility index (Phi) is 3.32. The van der Waals surface area contributed by atoms with Gasteiger partial charge in [0.25, 0.3) is 5.56 Å². The van der Waals surface area contributed by atoms with Crippen LogP contribution in [0.25, 0.3) is 0 Å². The van der Waals surface area contributed by atoms with E-state index in [0.717, 1.165) is 22.9 Å². The lowest BCUT2D eigenvalue weighted by Gasteiger charge is -2.18. The Hall–Kier alpha value is -1.36. The van der Waals surface area contributed by atoms with Crippen molar-refractivity contribution in [1.29, 1.82) is 0 Å². The molecule has 1 fully saturated rings. The summed E-state index contributed by atoms with van der Waals surface area (Å²) in [5.74, 6) is 0.867. The van der Waals surface area contributed by atoms with Crippen LogP contribution in [0.1, 0.15) is 18.4 Å². The van der Waals surface area contributed by atoms with E-state index in [1.807, 2.05) is 6.92 Å². The van der Waals surface area contributed by atoms with E-state index in [1.165, 1.54) is 4.57 Å². The van der Waals surface area contributed by atoms with Crippen LogP contribution >= 0.6 is 15.9 Å². The lowest BCUT2D eigenvalue weighted by atomic mass is 9.92. The maximum Gasteiger partial charge on any atom is 0.274 e. The van der Waals surface area contributed by atoms with Crippen molar-refractivity contribution in [2.75, 3.05) is 5.32 Å². The standard InChI is InChI=1S/C15H17BrN2O2/c1-8-12(16)7-18(2)15(20)13(8)17-14(19)11-6-9-3-4-10(11)5-9/h3-4,7,9-11H,5-6H2,1-2H3,(H,17,19). The highest BCUT2D eigenvalue weighted by Crippen LogP contribution is 2.43. The summed E-state index contributed by atoms with van der Waals surface area (Å²) in [6.07, 6.45) is 8.05. The number of aromatic nitrogens is 1. The van der Waals surface area contributed by atoms with Crippen LogP contribution in [-0.4, -0.2) is 10.5 Å². The second-order valence-corrected chi connectivity index (χ2v) is 6.62. The molecule has 3 rings (SSSR count). The number of hydrogen-bond donors (Lipinski definition) is 1. The number of allylic oxidation sites excluding steroid dienone is 2. The topological polar surface area (TPSA) is 51.1 Å². The number of fused-ring (bicyclic) bond motifs is 2. The molecule has 1 N–H and O–H groups in total. The average Bonchev–Trinajstić information content (AvgIpc) is 3.03. The molecule has 1 heterocycles. The summed E-state index contributed by atoms with van der Waals surface area (Å²) < 4.78 is 2.30. The Balaban J connectivity index is 1.87. The van der Waals surface area contributed by atoms with Crippen molar-refractivity contribution in [1.82, 2.24) is 4.57 Å². The van der Waals surface area contributed by atoms with Gasteiger partial charge >= 0.3 is 0 Å². The normalized spacial score (nSPS) is 27.1. The fraction of sp³-hybridized carbons (Fsp3) is 0.467. The van der Waals surface area contributed by atoms with E-state index in [-0.39, 0.29) is 17.4 Å². The van der Waals surface area contributed by atoms with Crippen molar-refractivity contribution in [2.24, 2.45) is 24.8 Å². The first-order valence-corrected chi connectivity index (χ1v) is 7.61.